The van der Waals surface area contributed by atoms with Gasteiger partial charge in [-0.3, -0.25) is 4.79 Å². The fraction of sp³-hybridized carbons (Fsp3) is 0.267. The molecule has 1 amide bonds. The zero-order chi connectivity index (χ0) is 14.1. The summed E-state index contributed by atoms with van der Waals surface area (Å²) in [6, 6.07) is 9.40. The standard InChI is InChI=1S/C15H14N4O/c16-9-12(15(20)19-7-3-4-8-19)13-10-5-1-2-6-11(10)14(17)18-13/h1-2,5-6H,3-4,7-8H2,(H2,17,18)/b13-12+. The van der Waals surface area contributed by atoms with Crippen molar-refractivity contribution >= 4 is 17.4 Å². The third-order valence-electron chi connectivity index (χ3n) is 3.65. The molecular formula is C15H14N4O. The molecular weight excluding hydrogens is 252 g/mol. The number of fused-ring (bicyclic) bond motifs is 1. The van der Waals surface area contributed by atoms with Gasteiger partial charge in [-0.15, -0.1) is 0 Å². The molecule has 2 N–H and O–H groups in total. The van der Waals surface area contributed by atoms with Crippen molar-refractivity contribution in [3.05, 3.63) is 41.0 Å². The van der Waals surface area contributed by atoms with E-state index in [2.05, 4.69) is 4.99 Å². The van der Waals surface area contributed by atoms with Gasteiger partial charge < -0.3 is 10.6 Å². The first-order valence-electron chi connectivity index (χ1n) is 6.60. The lowest BCUT2D eigenvalue weighted by Gasteiger charge is -2.15. The summed E-state index contributed by atoms with van der Waals surface area (Å²) in [6.07, 6.45) is 1.98. The Kier molecular flexibility index (Phi) is 2.99. The fourth-order valence-electron chi connectivity index (χ4n) is 2.62. The molecule has 1 fully saturated rings. The number of rotatable bonds is 1. The topological polar surface area (TPSA) is 82.5 Å². The highest BCUT2D eigenvalue weighted by atomic mass is 16.2. The first-order valence-corrected chi connectivity index (χ1v) is 6.60. The molecule has 1 aromatic rings. The van der Waals surface area contributed by atoms with Crippen molar-refractivity contribution in [3.8, 4) is 6.07 Å². The van der Waals surface area contributed by atoms with Gasteiger partial charge in [0.05, 0.1) is 5.70 Å². The van der Waals surface area contributed by atoms with E-state index in [0.717, 1.165) is 24.0 Å². The van der Waals surface area contributed by atoms with Gasteiger partial charge in [0.2, 0.25) is 0 Å². The minimum Gasteiger partial charge on any atom is -0.383 e. The maximum absolute atomic E-state index is 12.4. The molecule has 0 unspecified atom stereocenters. The van der Waals surface area contributed by atoms with Crippen molar-refractivity contribution in [2.45, 2.75) is 12.8 Å². The maximum Gasteiger partial charge on any atom is 0.266 e. The lowest BCUT2D eigenvalue weighted by atomic mass is 10.0. The van der Waals surface area contributed by atoms with Crippen LogP contribution in [0.2, 0.25) is 0 Å². The van der Waals surface area contributed by atoms with Gasteiger partial charge >= 0.3 is 0 Å². The van der Waals surface area contributed by atoms with Gasteiger partial charge in [-0.1, -0.05) is 24.3 Å². The first kappa shape index (κ1) is 12.4. The van der Waals surface area contributed by atoms with Crippen LogP contribution in [-0.2, 0) is 4.79 Å². The number of nitriles is 1. The third-order valence-corrected chi connectivity index (χ3v) is 3.65. The summed E-state index contributed by atoms with van der Waals surface area (Å²) in [4.78, 5) is 18.3. The molecule has 5 nitrogen and oxygen atoms in total. The van der Waals surface area contributed by atoms with E-state index in [1.807, 2.05) is 30.3 Å². The normalized spacial score (nSPS) is 19.4. The van der Waals surface area contributed by atoms with Gasteiger partial charge in [0.1, 0.15) is 17.5 Å². The number of amidine groups is 1. The van der Waals surface area contributed by atoms with Gasteiger partial charge in [0, 0.05) is 24.2 Å². The highest BCUT2D eigenvalue weighted by molar-refractivity contribution is 6.14. The van der Waals surface area contributed by atoms with Gasteiger partial charge in [0.25, 0.3) is 5.91 Å². The monoisotopic (exact) mass is 266 g/mol. The summed E-state index contributed by atoms with van der Waals surface area (Å²) in [5.74, 6) is 0.117. The minimum absolute atomic E-state index is 0.0831. The quantitative estimate of drug-likeness (QED) is 0.613. The molecule has 0 atom stereocenters. The summed E-state index contributed by atoms with van der Waals surface area (Å²) in [6.45, 7) is 1.41. The summed E-state index contributed by atoms with van der Waals surface area (Å²) < 4.78 is 0. The van der Waals surface area contributed by atoms with E-state index in [9.17, 15) is 10.1 Å². The molecule has 20 heavy (non-hydrogen) atoms. The van der Waals surface area contributed by atoms with Gasteiger partial charge in [0.15, 0.2) is 0 Å². The van der Waals surface area contributed by atoms with Crippen LogP contribution in [0.5, 0.6) is 0 Å². The van der Waals surface area contributed by atoms with Gasteiger partial charge in [-0.25, -0.2) is 4.99 Å². The van der Waals surface area contributed by atoms with Crippen molar-refractivity contribution in [1.29, 1.82) is 5.26 Å². The van der Waals surface area contributed by atoms with E-state index in [1.165, 1.54) is 0 Å². The van der Waals surface area contributed by atoms with Crippen LogP contribution in [0.3, 0.4) is 0 Å². The largest absolute Gasteiger partial charge is 0.383 e. The number of hydrogen-bond donors (Lipinski definition) is 1. The Morgan fingerprint density at radius 1 is 1.25 bits per heavy atom. The average molecular weight is 266 g/mol. The molecule has 5 heteroatoms. The molecule has 1 saturated heterocycles. The number of nitrogens with zero attached hydrogens (tertiary/aromatic N) is 3. The van der Waals surface area contributed by atoms with Crippen LogP contribution in [0.25, 0.3) is 5.70 Å². The van der Waals surface area contributed by atoms with Crippen molar-refractivity contribution in [3.63, 3.8) is 0 Å². The van der Waals surface area contributed by atoms with E-state index < -0.39 is 0 Å². The lowest BCUT2D eigenvalue weighted by Crippen LogP contribution is -2.29. The number of aliphatic imine (C=N–C) groups is 1. The molecule has 0 bridgehead atoms. The Labute approximate surface area is 117 Å². The average Bonchev–Trinajstić information content (AvgIpc) is 3.10. The summed E-state index contributed by atoms with van der Waals surface area (Å²) in [5.41, 5.74) is 7.89. The molecule has 0 radical (unpaired) electrons. The Hall–Kier alpha value is -2.61. The van der Waals surface area contributed by atoms with E-state index in [4.69, 9.17) is 5.73 Å². The minimum atomic E-state index is -0.242. The molecule has 100 valence electrons. The SMILES string of the molecule is N#C/C(C(=O)N1CCCC1)=C1\N=C(N)c2ccccc21. The highest BCUT2D eigenvalue weighted by Gasteiger charge is 2.28. The van der Waals surface area contributed by atoms with Crippen molar-refractivity contribution in [2.24, 2.45) is 10.7 Å². The van der Waals surface area contributed by atoms with Crippen LogP contribution < -0.4 is 5.73 Å². The van der Waals surface area contributed by atoms with Crippen molar-refractivity contribution in [1.82, 2.24) is 4.90 Å². The molecule has 0 aliphatic carbocycles. The zero-order valence-electron chi connectivity index (χ0n) is 11.0. The van der Waals surface area contributed by atoms with Crippen LogP contribution >= 0.6 is 0 Å². The molecule has 0 aromatic heterocycles. The Morgan fingerprint density at radius 3 is 2.55 bits per heavy atom. The summed E-state index contributed by atoms with van der Waals surface area (Å²) >= 11 is 0. The molecule has 3 rings (SSSR count). The highest BCUT2D eigenvalue weighted by Crippen LogP contribution is 2.30. The molecule has 2 aliphatic heterocycles. The van der Waals surface area contributed by atoms with E-state index in [1.54, 1.807) is 4.90 Å². The van der Waals surface area contributed by atoms with Gasteiger partial charge in [-0.2, -0.15) is 5.26 Å². The fourth-order valence-corrected chi connectivity index (χ4v) is 2.62. The second-order valence-corrected chi connectivity index (χ2v) is 4.88. The molecule has 1 aromatic carbocycles. The zero-order valence-corrected chi connectivity index (χ0v) is 11.0. The van der Waals surface area contributed by atoms with Crippen molar-refractivity contribution in [2.75, 3.05) is 13.1 Å². The van der Waals surface area contributed by atoms with Crippen LogP contribution in [0, 0.1) is 11.3 Å². The maximum atomic E-state index is 12.4. The Balaban J connectivity index is 2.09. The number of nitrogens with two attached hydrogens (primary N) is 1. The van der Waals surface area contributed by atoms with Gasteiger partial charge in [-0.05, 0) is 12.8 Å². The summed E-state index contributed by atoms with van der Waals surface area (Å²) in [7, 11) is 0. The van der Waals surface area contributed by atoms with E-state index >= 15 is 0 Å². The van der Waals surface area contributed by atoms with E-state index in [0.29, 0.717) is 24.6 Å². The van der Waals surface area contributed by atoms with Crippen LogP contribution in [0.15, 0.2) is 34.8 Å². The number of likely N-dealkylation sites (tertiary alicyclic amines) is 1. The Bertz CT molecular complexity index is 675. The van der Waals surface area contributed by atoms with Crippen LogP contribution in [0.4, 0.5) is 0 Å². The molecule has 0 spiro atoms. The van der Waals surface area contributed by atoms with Crippen LogP contribution in [-0.4, -0.2) is 29.7 Å². The lowest BCUT2D eigenvalue weighted by molar-refractivity contribution is -0.125. The second-order valence-electron chi connectivity index (χ2n) is 4.88. The number of benzene rings is 1. The predicted molar refractivity (Wildman–Crippen MR) is 75.5 cm³/mol. The third kappa shape index (κ3) is 1.86. The number of hydrogen-bond acceptors (Lipinski definition) is 4. The number of carbonyl (C=O) groups is 1. The predicted octanol–water partition coefficient (Wildman–Crippen LogP) is 1.26. The summed E-state index contributed by atoms with van der Waals surface area (Å²) in [5, 5.41) is 9.36. The molecule has 2 heterocycles. The van der Waals surface area contributed by atoms with Crippen molar-refractivity contribution < 1.29 is 4.79 Å². The number of amides is 1. The smallest absolute Gasteiger partial charge is 0.266 e. The number of carbonyl (C=O) groups excluding carboxylic acids is 1. The van der Waals surface area contributed by atoms with E-state index in [-0.39, 0.29) is 11.5 Å². The van der Waals surface area contributed by atoms with Crippen LogP contribution in [0.1, 0.15) is 24.0 Å². The molecule has 2 aliphatic rings. The second kappa shape index (κ2) is 4.82. The first-order chi connectivity index (χ1) is 9.72. The Morgan fingerprint density at radius 2 is 1.90 bits per heavy atom. The molecule has 0 saturated carbocycles.